The van der Waals surface area contributed by atoms with Crippen LogP contribution in [-0.4, -0.2) is 56.3 Å². The van der Waals surface area contributed by atoms with Crippen molar-refractivity contribution in [2.45, 2.75) is 33.2 Å². The van der Waals surface area contributed by atoms with E-state index in [1.165, 1.54) is 0 Å². The van der Waals surface area contributed by atoms with Gasteiger partial charge in [-0.25, -0.2) is 0 Å². The van der Waals surface area contributed by atoms with Gasteiger partial charge in [0.25, 0.3) is 0 Å². The van der Waals surface area contributed by atoms with Crippen molar-refractivity contribution >= 4 is 29.9 Å². The Morgan fingerprint density at radius 2 is 2.00 bits per heavy atom. The van der Waals surface area contributed by atoms with Crippen LogP contribution in [0, 0.1) is 5.92 Å². The van der Waals surface area contributed by atoms with E-state index >= 15 is 0 Å². The maximum atomic E-state index is 5.79. The number of guanidine groups is 1. The van der Waals surface area contributed by atoms with Crippen LogP contribution >= 0.6 is 24.0 Å². The standard InChI is InChI=1S/C13H28N4O.HI/c1-4-15-13(14)16-10-12(9-11(2)3)17-5-7-18-8-6-17;/h11-12H,4-10H2,1-3H3,(H3,14,15,16);1H. The van der Waals surface area contributed by atoms with Gasteiger partial charge in [-0.15, -0.1) is 24.0 Å². The minimum atomic E-state index is 0. The smallest absolute Gasteiger partial charge is 0.188 e. The number of nitrogens with zero attached hydrogens (tertiary/aromatic N) is 2. The van der Waals surface area contributed by atoms with Gasteiger partial charge in [0.2, 0.25) is 0 Å². The molecule has 19 heavy (non-hydrogen) atoms. The van der Waals surface area contributed by atoms with Crippen LogP contribution in [0.5, 0.6) is 0 Å². The lowest BCUT2D eigenvalue weighted by atomic mass is 10.0. The van der Waals surface area contributed by atoms with Crippen molar-refractivity contribution in [1.29, 1.82) is 0 Å². The summed E-state index contributed by atoms with van der Waals surface area (Å²) in [5.74, 6) is 1.23. The van der Waals surface area contributed by atoms with E-state index in [0.29, 0.717) is 17.9 Å². The number of hydrogen-bond acceptors (Lipinski definition) is 3. The second-order valence-corrected chi connectivity index (χ2v) is 5.19. The summed E-state index contributed by atoms with van der Waals surface area (Å²) in [5.41, 5.74) is 5.79. The summed E-state index contributed by atoms with van der Waals surface area (Å²) in [7, 11) is 0. The Morgan fingerprint density at radius 3 is 2.53 bits per heavy atom. The lowest BCUT2D eigenvalue weighted by Crippen LogP contribution is -2.46. The molecule has 0 aromatic heterocycles. The number of nitrogens with one attached hydrogen (secondary N) is 1. The summed E-state index contributed by atoms with van der Waals surface area (Å²) in [6, 6.07) is 0.478. The monoisotopic (exact) mass is 384 g/mol. The molecule has 1 heterocycles. The highest BCUT2D eigenvalue weighted by molar-refractivity contribution is 14.0. The molecule has 1 unspecified atom stereocenters. The van der Waals surface area contributed by atoms with Gasteiger partial charge in [-0.05, 0) is 19.3 Å². The Balaban J connectivity index is 0.00000324. The number of ether oxygens (including phenoxy) is 1. The van der Waals surface area contributed by atoms with Crippen LogP contribution in [0.3, 0.4) is 0 Å². The third kappa shape index (κ3) is 7.94. The van der Waals surface area contributed by atoms with E-state index in [2.05, 4.69) is 29.1 Å². The average molecular weight is 384 g/mol. The molecule has 1 aliphatic heterocycles. The molecule has 0 radical (unpaired) electrons. The molecule has 6 heteroatoms. The number of morpholine rings is 1. The number of hydrogen-bond donors (Lipinski definition) is 2. The molecule has 0 saturated carbocycles. The number of aliphatic imine (C=N–C) groups is 1. The van der Waals surface area contributed by atoms with Crippen LogP contribution in [-0.2, 0) is 4.74 Å². The van der Waals surface area contributed by atoms with Gasteiger partial charge in [0, 0.05) is 25.7 Å². The molecule has 1 saturated heterocycles. The van der Waals surface area contributed by atoms with Gasteiger partial charge >= 0.3 is 0 Å². The van der Waals surface area contributed by atoms with Crippen molar-refractivity contribution < 1.29 is 4.74 Å². The third-order valence-corrected chi connectivity index (χ3v) is 3.14. The second kappa shape index (κ2) is 10.7. The number of nitrogens with two attached hydrogens (primary N) is 1. The predicted molar refractivity (Wildman–Crippen MR) is 91.2 cm³/mol. The van der Waals surface area contributed by atoms with E-state index in [0.717, 1.165) is 45.8 Å². The first kappa shape index (κ1) is 18.9. The fraction of sp³-hybridized carbons (Fsp3) is 0.923. The lowest BCUT2D eigenvalue weighted by molar-refractivity contribution is 0.0143. The first-order valence-corrected chi connectivity index (χ1v) is 6.99. The maximum Gasteiger partial charge on any atom is 0.188 e. The van der Waals surface area contributed by atoms with Crippen molar-refractivity contribution in [3.63, 3.8) is 0 Å². The Labute approximate surface area is 134 Å². The summed E-state index contributed by atoms with van der Waals surface area (Å²) in [6.07, 6.45) is 1.16. The molecular weight excluding hydrogens is 355 g/mol. The average Bonchev–Trinajstić information content (AvgIpc) is 2.35. The van der Waals surface area contributed by atoms with Crippen LogP contribution in [0.4, 0.5) is 0 Å². The van der Waals surface area contributed by atoms with Crippen molar-refractivity contribution in [3.8, 4) is 0 Å². The van der Waals surface area contributed by atoms with Crippen molar-refractivity contribution in [2.24, 2.45) is 16.6 Å². The van der Waals surface area contributed by atoms with Crippen molar-refractivity contribution in [3.05, 3.63) is 0 Å². The van der Waals surface area contributed by atoms with Crippen molar-refractivity contribution in [1.82, 2.24) is 10.2 Å². The Bertz CT molecular complexity index is 255. The second-order valence-electron chi connectivity index (χ2n) is 5.19. The van der Waals surface area contributed by atoms with Crippen LogP contribution < -0.4 is 11.1 Å². The van der Waals surface area contributed by atoms with Gasteiger partial charge in [-0.1, -0.05) is 13.8 Å². The Morgan fingerprint density at radius 1 is 1.37 bits per heavy atom. The molecule has 0 bridgehead atoms. The largest absolute Gasteiger partial charge is 0.379 e. The zero-order chi connectivity index (χ0) is 13.4. The molecule has 1 rings (SSSR count). The molecule has 1 aliphatic rings. The summed E-state index contributed by atoms with van der Waals surface area (Å²) >= 11 is 0. The van der Waals surface area contributed by atoms with Gasteiger partial charge < -0.3 is 15.8 Å². The molecule has 1 fully saturated rings. The van der Waals surface area contributed by atoms with E-state index < -0.39 is 0 Å². The minimum absolute atomic E-state index is 0. The van der Waals surface area contributed by atoms with Gasteiger partial charge in [-0.3, -0.25) is 9.89 Å². The van der Waals surface area contributed by atoms with E-state index in [9.17, 15) is 0 Å². The minimum Gasteiger partial charge on any atom is -0.379 e. The lowest BCUT2D eigenvalue weighted by Gasteiger charge is -2.34. The number of halogens is 1. The van der Waals surface area contributed by atoms with Crippen LogP contribution in [0.15, 0.2) is 4.99 Å². The molecule has 114 valence electrons. The molecule has 0 spiro atoms. The Kier molecular flexibility index (Phi) is 10.6. The molecule has 3 N–H and O–H groups in total. The van der Waals surface area contributed by atoms with Crippen LogP contribution in [0.25, 0.3) is 0 Å². The molecule has 1 atom stereocenters. The fourth-order valence-corrected chi connectivity index (χ4v) is 2.27. The highest BCUT2D eigenvalue weighted by Gasteiger charge is 2.21. The fourth-order valence-electron chi connectivity index (χ4n) is 2.27. The molecular formula is C13H29IN4O. The first-order chi connectivity index (χ1) is 8.63. The summed E-state index contributed by atoms with van der Waals surface area (Å²) in [4.78, 5) is 6.92. The third-order valence-electron chi connectivity index (χ3n) is 3.14. The van der Waals surface area contributed by atoms with E-state index in [-0.39, 0.29) is 24.0 Å². The summed E-state index contributed by atoms with van der Waals surface area (Å²) in [6.45, 7) is 11.8. The SMILES string of the molecule is CCNC(N)=NCC(CC(C)C)N1CCOCC1.I. The van der Waals surface area contributed by atoms with E-state index in [1.54, 1.807) is 0 Å². The molecule has 0 aliphatic carbocycles. The van der Waals surface area contributed by atoms with E-state index in [1.807, 2.05) is 6.92 Å². The van der Waals surface area contributed by atoms with Crippen LogP contribution in [0.2, 0.25) is 0 Å². The highest BCUT2D eigenvalue weighted by Crippen LogP contribution is 2.13. The highest BCUT2D eigenvalue weighted by atomic mass is 127. The van der Waals surface area contributed by atoms with Gasteiger partial charge in [-0.2, -0.15) is 0 Å². The van der Waals surface area contributed by atoms with E-state index in [4.69, 9.17) is 10.5 Å². The molecule has 0 amide bonds. The molecule has 5 nitrogen and oxygen atoms in total. The molecule has 0 aromatic rings. The topological polar surface area (TPSA) is 62.9 Å². The quantitative estimate of drug-likeness (QED) is 0.412. The first-order valence-electron chi connectivity index (χ1n) is 6.99. The van der Waals surface area contributed by atoms with Gasteiger partial charge in [0.1, 0.15) is 0 Å². The summed E-state index contributed by atoms with van der Waals surface area (Å²) in [5, 5.41) is 3.04. The van der Waals surface area contributed by atoms with Gasteiger partial charge in [0.05, 0.1) is 19.8 Å². The predicted octanol–water partition coefficient (Wildman–Crippen LogP) is 1.28. The summed E-state index contributed by atoms with van der Waals surface area (Å²) < 4.78 is 5.40. The van der Waals surface area contributed by atoms with Gasteiger partial charge in [0.15, 0.2) is 5.96 Å². The maximum absolute atomic E-state index is 5.79. The zero-order valence-corrected chi connectivity index (χ0v) is 14.7. The zero-order valence-electron chi connectivity index (χ0n) is 12.4. The van der Waals surface area contributed by atoms with Crippen molar-refractivity contribution in [2.75, 3.05) is 39.4 Å². The molecule has 0 aromatic carbocycles. The number of rotatable bonds is 6. The van der Waals surface area contributed by atoms with Crippen LogP contribution in [0.1, 0.15) is 27.2 Å². The normalized spacial score (nSPS) is 19.1. The Hall–Kier alpha value is -0.0800.